The van der Waals surface area contributed by atoms with Gasteiger partial charge in [-0.2, -0.15) is 0 Å². The smallest absolute Gasteiger partial charge is 0.355 e. The number of ketones is 1. The van der Waals surface area contributed by atoms with Crippen molar-refractivity contribution in [2.75, 3.05) is 7.11 Å². The number of carboxylic acids is 1. The van der Waals surface area contributed by atoms with Gasteiger partial charge in [-0.3, -0.25) is 4.79 Å². The van der Waals surface area contributed by atoms with Crippen molar-refractivity contribution in [1.29, 1.82) is 0 Å². The molecule has 0 saturated heterocycles. The third kappa shape index (κ3) is 3.11. The highest BCUT2D eigenvalue weighted by molar-refractivity contribution is 6.14. The molecule has 1 aromatic heterocycles. The number of para-hydroxylation sites is 1. The summed E-state index contributed by atoms with van der Waals surface area (Å²) in [4.78, 5) is 32.1. The van der Waals surface area contributed by atoms with Crippen LogP contribution in [0.2, 0.25) is 0 Å². The van der Waals surface area contributed by atoms with Gasteiger partial charge in [-0.1, -0.05) is 19.1 Å². The molecule has 2 aromatic rings. The van der Waals surface area contributed by atoms with Crippen LogP contribution in [-0.2, 0) is 6.42 Å². The maximum atomic E-state index is 12.6. The first-order chi connectivity index (χ1) is 10.6. The van der Waals surface area contributed by atoms with Crippen LogP contribution in [0.15, 0.2) is 30.5 Å². The lowest BCUT2D eigenvalue weighted by Gasteiger charge is -2.09. The highest BCUT2D eigenvalue weighted by Crippen LogP contribution is 2.22. The molecule has 0 spiro atoms. The van der Waals surface area contributed by atoms with E-state index in [0.717, 1.165) is 6.42 Å². The van der Waals surface area contributed by atoms with Crippen molar-refractivity contribution in [2.24, 2.45) is 0 Å². The topological polar surface area (TPSA) is 89.4 Å². The Balaban J connectivity index is 2.51. The number of methoxy groups -OCH3 is 1. The molecule has 6 nitrogen and oxygen atoms in total. The van der Waals surface area contributed by atoms with Gasteiger partial charge >= 0.3 is 5.97 Å². The Morgan fingerprint density at radius 3 is 2.59 bits per heavy atom. The number of carboxylic acid groups (broad SMARTS) is 1. The SMILES string of the molecule is CCCc1ncc(C(=O)c2ccccc2OC)c(C(=O)O)n1. The molecule has 6 heteroatoms. The van der Waals surface area contributed by atoms with Gasteiger partial charge in [0.1, 0.15) is 11.6 Å². The van der Waals surface area contributed by atoms with E-state index in [9.17, 15) is 14.7 Å². The Morgan fingerprint density at radius 2 is 1.95 bits per heavy atom. The second-order valence-corrected chi connectivity index (χ2v) is 4.63. The molecular weight excluding hydrogens is 284 g/mol. The molecule has 0 aliphatic heterocycles. The molecule has 0 bridgehead atoms. The van der Waals surface area contributed by atoms with Crippen LogP contribution < -0.4 is 4.74 Å². The number of rotatable bonds is 6. The van der Waals surface area contributed by atoms with Gasteiger partial charge in [-0.15, -0.1) is 0 Å². The summed E-state index contributed by atoms with van der Waals surface area (Å²) in [5.41, 5.74) is -0.0504. The average molecular weight is 300 g/mol. The summed E-state index contributed by atoms with van der Waals surface area (Å²) in [6.45, 7) is 1.94. The van der Waals surface area contributed by atoms with Crippen LogP contribution in [0, 0.1) is 0 Å². The fourth-order valence-corrected chi connectivity index (χ4v) is 2.07. The van der Waals surface area contributed by atoms with E-state index in [1.807, 2.05) is 6.92 Å². The minimum absolute atomic E-state index is 0.0446. The Kier molecular flexibility index (Phi) is 4.83. The van der Waals surface area contributed by atoms with Crippen molar-refractivity contribution < 1.29 is 19.4 Å². The van der Waals surface area contributed by atoms with Gasteiger partial charge in [0.2, 0.25) is 5.78 Å². The number of ether oxygens (including phenoxy) is 1. The predicted octanol–water partition coefficient (Wildman–Crippen LogP) is 2.37. The first kappa shape index (κ1) is 15.6. The van der Waals surface area contributed by atoms with Crippen molar-refractivity contribution in [1.82, 2.24) is 9.97 Å². The van der Waals surface area contributed by atoms with Crippen molar-refractivity contribution in [3.63, 3.8) is 0 Å². The summed E-state index contributed by atoms with van der Waals surface area (Å²) in [6, 6.07) is 6.63. The predicted molar refractivity (Wildman–Crippen MR) is 79.4 cm³/mol. The largest absolute Gasteiger partial charge is 0.496 e. The number of carbonyl (C=O) groups excluding carboxylic acids is 1. The lowest BCUT2D eigenvalue weighted by molar-refractivity contribution is 0.0685. The minimum Gasteiger partial charge on any atom is -0.496 e. The fourth-order valence-electron chi connectivity index (χ4n) is 2.07. The number of benzene rings is 1. The van der Waals surface area contributed by atoms with Crippen LogP contribution in [0.5, 0.6) is 5.75 Å². The molecule has 0 aliphatic rings. The monoisotopic (exact) mass is 300 g/mol. The second-order valence-electron chi connectivity index (χ2n) is 4.63. The molecule has 1 aromatic carbocycles. The Morgan fingerprint density at radius 1 is 1.23 bits per heavy atom. The summed E-state index contributed by atoms with van der Waals surface area (Å²) >= 11 is 0. The number of aromatic nitrogens is 2. The first-order valence-corrected chi connectivity index (χ1v) is 6.85. The average Bonchev–Trinajstić information content (AvgIpc) is 2.54. The molecule has 0 amide bonds. The molecule has 22 heavy (non-hydrogen) atoms. The molecule has 0 fully saturated rings. The van der Waals surface area contributed by atoms with Crippen molar-refractivity contribution >= 4 is 11.8 Å². The third-order valence-electron chi connectivity index (χ3n) is 3.11. The van der Waals surface area contributed by atoms with Gasteiger partial charge in [-0.25, -0.2) is 14.8 Å². The lowest BCUT2D eigenvalue weighted by atomic mass is 10.0. The van der Waals surface area contributed by atoms with Gasteiger partial charge in [0.25, 0.3) is 0 Å². The normalized spacial score (nSPS) is 10.3. The summed E-state index contributed by atoms with van der Waals surface area (Å²) in [7, 11) is 1.45. The summed E-state index contributed by atoms with van der Waals surface area (Å²) < 4.78 is 5.14. The van der Waals surface area contributed by atoms with Crippen LogP contribution in [0.25, 0.3) is 0 Å². The molecule has 114 valence electrons. The number of hydrogen-bond donors (Lipinski definition) is 1. The summed E-state index contributed by atoms with van der Waals surface area (Å²) in [6.07, 6.45) is 2.62. The molecule has 2 rings (SSSR count). The Bertz CT molecular complexity index is 713. The van der Waals surface area contributed by atoms with E-state index in [4.69, 9.17) is 4.74 Å². The van der Waals surface area contributed by atoms with Crippen molar-refractivity contribution in [3.8, 4) is 5.75 Å². The maximum Gasteiger partial charge on any atom is 0.355 e. The second kappa shape index (κ2) is 6.80. The van der Waals surface area contributed by atoms with Gasteiger partial charge in [-0.05, 0) is 18.6 Å². The van der Waals surface area contributed by atoms with E-state index in [-0.39, 0.29) is 16.8 Å². The fraction of sp³-hybridized carbons (Fsp3) is 0.250. The van der Waals surface area contributed by atoms with Crippen LogP contribution in [0.1, 0.15) is 45.6 Å². The van der Waals surface area contributed by atoms with E-state index < -0.39 is 11.8 Å². The van der Waals surface area contributed by atoms with E-state index in [2.05, 4.69) is 9.97 Å². The lowest BCUT2D eigenvalue weighted by Crippen LogP contribution is -2.15. The van der Waals surface area contributed by atoms with Crippen molar-refractivity contribution in [3.05, 3.63) is 53.1 Å². The number of aryl methyl sites for hydroxylation is 1. The molecule has 0 unspecified atom stereocenters. The standard InChI is InChI=1S/C16H16N2O4/c1-3-6-13-17-9-11(14(18-13)16(20)21)15(19)10-7-4-5-8-12(10)22-2/h4-5,7-9H,3,6H2,1-2H3,(H,20,21). The first-order valence-electron chi connectivity index (χ1n) is 6.85. The van der Waals surface area contributed by atoms with Crippen LogP contribution >= 0.6 is 0 Å². The molecule has 1 N–H and O–H groups in total. The maximum absolute atomic E-state index is 12.6. The quantitative estimate of drug-likeness (QED) is 0.824. The summed E-state index contributed by atoms with van der Waals surface area (Å²) in [5.74, 6) is -0.936. The molecule has 1 heterocycles. The Labute approximate surface area is 127 Å². The number of hydrogen-bond acceptors (Lipinski definition) is 5. The number of nitrogens with zero attached hydrogens (tertiary/aromatic N) is 2. The van der Waals surface area contributed by atoms with E-state index in [1.165, 1.54) is 13.3 Å². The van der Waals surface area contributed by atoms with Crippen LogP contribution in [0.3, 0.4) is 0 Å². The molecule has 0 atom stereocenters. The molecular formula is C16H16N2O4. The molecule has 0 aliphatic carbocycles. The highest BCUT2D eigenvalue weighted by atomic mass is 16.5. The molecule has 0 radical (unpaired) electrons. The van der Waals surface area contributed by atoms with Gasteiger partial charge in [0.15, 0.2) is 5.69 Å². The van der Waals surface area contributed by atoms with Crippen LogP contribution in [-0.4, -0.2) is 33.9 Å². The van der Waals surface area contributed by atoms with Gasteiger partial charge in [0.05, 0.1) is 18.2 Å². The van der Waals surface area contributed by atoms with E-state index in [1.54, 1.807) is 24.3 Å². The number of carbonyl (C=O) groups is 2. The zero-order chi connectivity index (χ0) is 16.1. The van der Waals surface area contributed by atoms with Crippen molar-refractivity contribution in [2.45, 2.75) is 19.8 Å². The Hall–Kier alpha value is -2.76. The minimum atomic E-state index is -1.25. The van der Waals surface area contributed by atoms with E-state index in [0.29, 0.717) is 18.0 Å². The van der Waals surface area contributed by atoms with Gasteiger partial charge in [0, 0.05) is 12.6 Å². The molecule has 0 saturated carbocycles. The zero-order valence-electron chi connectivity index (χ0n) is 12.4. The summed E-state index contributed by atoms with van der Waals surface area (Å²) in [5, 5.41) is 9.31. The van der Waals surface area contributed by atoms with E-state index >= 15 is 0 Å². The van der Waals surface area contributed by atoms with Crippen LogP contribution in [0.4, 0.5) is 0 Å². The number of aromatic carboxylic acids is 1. The highest BCUT2D eigenvalue weighted by Gasteiger charge is 2.23. The zero-order valence-corrected chi connectivity index (χ0v) is 12.4. The van der Waals surface area contributed by atoms with Gasteiger partial charge < -0.3 is 9.84 Å². The third-order valence-corrected chi connectivity index (χ3v) is 3.11.